The zero-order chi connectivity index (χ0) is 20.4. The maximum Gasteiger partial charge on any atom is 0.175 e. The van der Waals surface area contributed by atoms with E-state index in [9.17, 15) is 4.79 Å². The summed E-state index contributed by atoms with van der Waals surface area (Å²) in [5.74, 6) is 0.720. The van der Waals surface area contributed by atoms with E-state index in [-0.39, 0.29) is 19.3 Å². The quantitative estimate of drug-likeness (QED) is 0.638. The lowest BCUT2D eigenvalue weighted by molar-refractivity contribution is -0.133. The van der Waals surface area contributed by atoms with Gasteiger partial charge in [0, 0.05) is 44.1 Å². The van der Waals surface area contributed by atoms with Crippen molar-refractivity contribution < 1.29 is 9.18 Å². The second-order valence-corrected chi connectivity index (χ2v) is 8.12. The van der Waals surface area contributed by atoms with Crippen LogP contribution in [0.15, 0.2) is 36.8 Å². The summed E-state index contributed by atoms with van der Waals surface area (Å²) in [4.78, 5) is 25.3. The fourth-order valence-corrected chi connectivity index (χ4v) is 3.80. The summed E-state index contributed by atoms with van der Waals surface area (Å²) in [6.45, 7) is 6.47. The van der Waals surface area contributed by atoms with E-state index in [1.54, 1.807) is 30.7 Å². The van der Waals surface area contributed by atoms with E-state index < -0.39 is 11.5 Å². The Hall–Kier alpha value is -2.74. The van der Waals surface area contributed by atoms with Gasteiger partial charge in [0.1, 0.15) is 0 Å². The number of piperidine rings is 1. The molecule has 3 aromatic rings. The molecule has 0 bridgehead atoms. The number of aromatic nitrogens is 5. The Bertz CT molecular complexity index is 996. The monoisotopic (exact) mass is 396 g/mol. The number of Topliss-reactive ketones (excluding diaryl/α,β-unsaturated/α-hetero) is 1. The average Bonchev–Trinajstić information content (AvgIpc) is 3.24. The summed E-state index contributed by atoms with van der Waals surface area (Å²) >= 11 is 0. The van der Waals surface area contributed by atoms with Crippen LogP contribution in [0.3, 0.4) is 0 Å². The van der Waals surface area contributed by atoms with Crippen molar-refractivity contribution in [2.24, 2.45) is 5.92 Å². The van der Waals surface area contributed by atoms with Crippen LogP contribution >= 0.6 is 0 Å². The van der Waals surface area contributed by atoms with E-state index in [0.29, 0.717) is 36.0 Å². The number of carbonyl (C=O) groups excluding carboxylic acids is 1. The smallest absolute Gasteiger partial charge is 0.175 e. The molecule has 29 heavy (non-hydrogen) atoms. The molecule has 0 amide bonds. The van der Waals surface area contributed by atoms with Crippen molar-refractivity contribution in [3.8, 4) is 5.82 Å². The molecule has 0 spiro atoms. The summed E-state index contributed by atoms with van der Waals surface area (Å²) in [6.07, 6.45) is 5.30. The van der Waals surface area contributed by atoms with Crippen LogP contribution in [0.2, 0.25) is 0 Å². The molecule has 4 heterocycles. The minimum atomic E-state index is -1.77. The molecule has 1 aliphatic rings. The summed E-state index contributed by atoms with van der Waals surface area (Å²) < 4.78 is 15.3. The number of carbonyl (C=O) groups is 1. The lowest BCUT2D eigenvalue weighted by atomic mass is 9.86. The van der Waals surface area contributed by atoms with Crippen molar-refractivity contribution in [2.75, 3.05) is 19.6 Å². The Kier molecular flexibility index (Phi) is 5.36. The Morgan fingerprint density at radius 2 is 1.93 bits per heavy atom. The van der Waals surface area contributed by atoms with Crippen molar-refractivity contribution in [3.05, 3.63) is 42.5 Å². The van der Waals surface area contributed by atoms with Crippen molar-refractivity contribution in [1.29, 1.82) is 0 Å². The zero-order valence-corrected chi connectivity index (χ0v) is 16.8. The van der Waals surface area contributed by atoms with Crippen LogP contribution < -0.4 is 0 Å². The molecule has 0 aromatic carbocycles. The van der Waals surface area contributed by atoms with Gasteiger partial charge < -0.3 is 4.90 Å². The average molecular weight is 396 g/mol. The molecule has 1 fully saturated rings. The summed E-state index contributed by atoms with van der Waals surface area (Å²) in [5.41, 5.74) is -0.558. The topological polar surface area (TPSA) is 76.8 Å². The van der Waals surface area contributed by atoms with E-state index in [0.717, 1.165) is 11.9 Å². The molecular formula is C21H25FN6O. The Balaban J connectivity index is 1.48. The highest BCUT2D eigenvalue weighted by Crippen LogP contribution is 2.29. The number of ketones is 1. The molecule has 0 N–H and O–H groups in total. The van der Waals surface area contributed by atoms with Crippen LogP contribution in [-0.2, 0) is 11.2 Å². The molecule has 4 rings (SSSR count). The Morgan fingerprint density at radius 1 is 1.21 bits per heavy atom. The summed E-state index contributed by atoms with van der Waals surface area (Å²) in [6, 6.07) is 5.43. The van der Waals surface area contributed by atoms with E-state index in [1.807, 2.05) is 6.07 Å². The van der Waals surface area contributed by atoms with Crippen LogP contribution in [-0.4, -0.2) is 60.9 Å². The number of rotatable bonds is 6. The van der Waals surface area contributed by atoms with Crippen LogP contribution in [0.1, 0.15) is 32.4 Å². The number of halogens is 1. The molecule has 3 aromatic heterocycles. The predicted octanol–water partition coefficient (Wildman–Crippen LogP) is 2.78. The maximum absolute atomic E-state index is 15.3. The molecule has 8 heteroatoms. The highest BCUT2D eigenvalue weighted by Gasteiger charge is 2.41. The standard InChI is InChI=1S/C21H25FN6O/c1-15(2)14-27-9-5-21(22,6-10-27)19(29)12-17-11-18-16(13-23-17)3-4-20(26-18)28-24-7-8-25-28/h3-4,7-8,11,13,15H,5-6,9-10,12,14H2,1-2H3. The molecule has 1 saturated heterocycles. The van der Waals surface area contributed by atoms with Gasteiger partial charge in [-0.1, -0.05) is 13.8 Å². The van der Waals surface area contributed by atoms with E-state index in [4.69, 9.17) is 0 Å². The van der Waals surface area contributed by atoms with Gasteiger partial charge in [-0.2, -0.15) is 10.2 Å². The number of pyridine rings is 2. The highest BCUT2D eigenvalue weighted by molar-refractivity contribution is 5.89. The largest absolute Gasteiger partial charge is 0.303 e. The Labute approximate surface area is 169 Å². The molecule has 152 valence electrons. The van der Waals surface area contributed by atoms with E-state index in [1.165, 1.54) is 4.80 Å². The first-order chi connectivity index (χ1) is 13.9. The fourth-order valence-electron chi connectivity index (χ4n) is 3.80. The van der Waals surface area contributed by atoms with Gasteiger partial charge in [-0.05, 0) is 24.1 Å². The third kappa shape index (κ3) is 4.32. The van der Waals surface area contributed by atoms with Gasteiger partial charge in [-0.25, -0.2) is 9.37 Å². The van der Waals surface area contributed by atoms with Crippen molar-refractivity contribution in [3.63, 3.8) is 0 Å². The van der Waals surface area contributed by atoms with Gasteiger partial charge in [0.05, 0.1) is 30.0 Å². The van der Waals surface area contributed by atoms with Gasteiger partial charge in [-0.15, -0.1) is 4.80 Å². The van der Waals surface area contributed by atoms with Crippen molar-refractivity contribution >= 4 is 16.7 Å². The zero-order valence-electron chi connectivity index (χ0n) is 16.8. The number of nitrogens with zero attached hydrogens (tertiary/aromatic N) is 6. The molecular weight excluding hydrogens is 371 g/mol. The lowest BCUT2D eigenvalue weighted by Gasteiger charge is -2.36. The van der Waals surface area contributed by atoms with Crippen molar-refractivity contribution in [1.82, 2.24) is 29.9 Å². The van der Waals surface area contributed by atoms with Crippen LogP contribution in [0, 0.1) is 5.92 Å². The van der Waals surface area contributed by atoms with Crippen LogP contribution in [0.5, 0.6) is 0 Å². The predicted molar refractivity (Wildman–Crippen MR) is 108 cm³/mol. The molecule has 0 aliphatic carbocycles. The first-order valence-corrected chi connectivity index (χ1v) is 10.00. The maximum atomic E-state index is 15.3. The SMILES string of the molecule is CC(C)CN1CCC(F)(C(=O)Cc2cc3nc(-n4nccn4)ccc3cn2)CC1. The third-order valence-electron chi connectivity index (χ3n) is 5.35. The lowest BCUT2D eigenvalue weighted by Crippen LogP contribution is -2.47. The van der Waals surface area contributed by atoms with Crippen LogP contribution in [0.25, 0.3) is 16.7 Å². The van der Waals surface area contributed by atoms with E-state index in [2.05, 4.69) is 38.9 Å². The number of fused-ring (bicyclic) bond motifs is 1. The van der Waals surface area contributed by atoms with E-state index >= 15 is 4.39 Å². The summed E-state index contributed by atoms with van der Waals surface area (Å²) in [7, 11) is 0. The minimum absolute atomic E-state index is 0.0252. The number of alkyl halides is 1. The number of hydrogen-bond donors (Lipinski definition) is 0. The van der Waals surface area contributed by atoms with Gasteiger partial charge in [0.15, 0.2) is 17.3 Å². The number of likely N-dealkylation sites (tertiary alicyclic amines) is 1. The third-order valence-corrected chi connectivity index (χ3v) is 5.35. The molecule has 7 nitrogen and oxygen atoms in total. The minimum Gasteiger partial charge on any atom is -0.303 e. The van der Waals surface area contributed by atoms with Gasteiger partial charge in [0.2, 0.25) is 0 Å². The molecule has 1 aliphatic heterocycles. The second-order valence-electron chi connectivity index (χ2n) is 8.12. The molecule has 0 radical (unpaired) electrons. The van der Waals surface area contributed by atoms with Crippen LogP contribution in [0.4, 0.5) is 4.39 Å². The van der Waals surface area contributed by atoms with Gasteiger partial charge >= 0.3 is 0 Å². The Morgan fingerprint density at radius 3 is 2.62 bits per heavy atom. The number of hydrogen-bond acceptors (Lipinski definition) is 6. The van der Waals surface area contributed by atoms with Crippen molar-refractivity contribution in [2.45, 2.75) is 38.8 Å². The second kappa shape index (κ2) is 7.94. The molecule has 0 atom stereocenters. The molecule has 0 saturated carbocycles. The first-order valence-electron chi connectivity index (χ1n) is 10.00. The van der Waals surface area contributed by atoms with Gasteiger partial charge in [0.25, 0.3) is 0 Å². The first kappa shape index (κ1) is 19.6. The fraction of sp³-hybridized carbons (Fsp3) is 0.476. The molecule has 0 unspecified atom stereocenters. The highest BCUT2D eigenvalue weighted by atomic mass is 19.1. The van der Waals surface area contributed by atoms with Gasteiger partial charge in [-0.3, -0.25) is 9.78 Å². The summed E-state index contributed by atoms with van der Waals surface area (Å²) in [5, 5.41) is 9.00. The normalized spacial score (nSPS) is 17.1.